The molecule has 4 nitrogen and oxygen atoms in total. The molecule has 0 amide bonds. The number of nitrogens with zero attached hydrogens (tertiary/aromatic N) is 1. The van der Waals surface area contributed by atoms with Crippen LogP contribution in [0.4, 0.5) is 0 Å². The first-order chi connectivity index (χ1) is 8.79. The Kier molecular flexibility index (Phi) is 3.66. The van der Waals surface area contributed by atoms with E-state index in [1.165, 1.54) is 0 Å². The third-order valence-corrected chi connectivity index (χ3v) is 3.27. The van der Waals surface area contributed by atoms with E-state index >= 15 is 0 Å². The highest BCUT2D eigenvalue weighted by Crippen LogP contribution is 2.30. The number of aromatic carboxylic acids is 1. The van der Waals surface area contributed by atoms with Crippen molar-refractivity contribution in [3.63, 3.8) is 0 Å². The summed E-state index contributed by atoms with van der Waals surface area (Å²) >= 11 is 2.19. The van der Waals surface area contributed by atoms with Crippen LogP contribution >= 0.6 is 22.6 Å². The number of aromatic nitrogens is 1. The second kappa shape index (κ2) is 4.96. The fourth-order valence-electron chi connectivity index (χ4n) is 1.72. The molecule has 2 rings (SSSR count). The number of carboxylic acids is 1. The zero-order chi connectivity index (χ0) is 14.2. The van der Waals surface area contributed by atoms with E-state index in [1.54, 1.807) is 0 Å². The second-order valence-corrected chi connectivity index (χ2v) is 6.51. The van der Waals surface area contributed by atoms with Gasteiger partial charge in [-0.3, -0.25) is 0 Å². The Bertz CT molecular complexity index is 626. The summed E-state index contributed by atoms with van der Waals surface area (Å²) in [5, 5.41) is 9.21. The lowest BCUT2D eigenvalue weighted by atomic mass is 9.91. The lowest BCUT2D eigenvalue weighted by Crippen LogP contribution is -2.16. The molecule has 5 heteroatoms. The van der Waals surface area contributed by atoms with Crippen LogP contribution in [0.1, 0.15) is 37.0 Å². The van der Waals surface area contributed by atoms with Crippen molar-refractivity contribution < 1.29 is 14.3 Å². The van der Waals surface area contributed by atoms with Crippen molar-refractivity contribution in [3.8, 4) is 11.5 Å². The monoisotopic (exact) mass is 371 g/mol. The minimum absolute atomic E-state index is 0.0821. The predicted octanol–water partition coefficient (Wildman–Crippen LogP) is 3.94. The summed E-state index contributed by atoms with van der Waals surface area (Å²) < 4.78 is 6.47. The molecule has 0 unspecified atom stereocenters. The molecule has 0 aliphatic rings. The van der Waals surface area contributed by atoms with Crippen molar-refractivity contribution in [2.75, 3.05) is 0 Å². The zero-order valence-electron chi connectivity index (χ0n) is 10.9. The van der Waals surface area contributed by atoms with Gasteiger partial charge in [0.1, 0.15) is 5.69 Å². The van der Waals surface area contributed by atoms with Crippen LogP contribution in [-0.2, 0) is 5.41 Å². The molecule has 1 N–H and O–H groups in total. The van der Waals surface area contributed by atoms with Crippen molar-refractivity contribution in [1.29, 1.82) is 0 Å². The SMILES string of the molecule is CC(C)(C)c1nc(-c2cccc(I)c2)oc1C(=O)O. The average Bonchev–Trinajstić information content (AvgIpc) is 2.73. The van der Waals surface area contributed by atoms with Crippen molar-refractivity contribution in [2.45, 2.75) is 26.2 Å². The van der Waals surface area contributed by atoms with Gasteiger partial charge in [0.2, 0.25) is 11.7 Å². The first kappa shape index (κ1) is 14.0. The van der Waals surface area contributed by atoms with Gasteiger partial charge in [0.25, 0.3) is 0 Å². The van der Waals surface area contributed by atoms with Crippen LogP contribution in [0.2, 0.25) is 0 Å². The third-order valence-electron chi connectivity index (χ3n) is 2.60. The molecule has 0 saturated carbocycles. The summed E-state index contributed by atoms with van der Waals surface area (Å²) in [6, 6.07) is 7.60. The first-order valence-electron chi connectivity index (χ1n) is 5.79. The van der Waals surface area contributed by atoms with Gasteiger partial charge in [-0.05, 0) is 40.8 Å². The standard InChI is InChI=1S/C14H14INO3/c1-14(2,3)11-10(13(17)18)19-12(16-11)8-5-4-6-9(15)7-8/h4-7H,1-3H3,(H,17,18). The van der Waals surface area contributed by atoms with Crippen molar-refractivity contribution in [2.24, 2.45) is 0 Å². The van der Waals surface area contributed by atoms with Gasteiger partial charge in [0, 0.05) is 14.5 Å². The Balaban J connectivity index is 2.58. The quantitative estimate of drug-likeness (QED) is 0.813. The van der Waals surface area contributed by atoms with E-state index in [-0.39, 0.29) is 11.2 Å². The number of halogens is 1. The third kappa shape index (κ3) is 2.97. The van der Waals surface area contributed by atoms with E-state index in [1.807, 2.05) is 45.0 Å². The van der Waals surface area contributed by atoms with Gasteiger partial charge in [0.05, 0.1) is 0 Å². The number of hydrogen-bond acceptors (Lipinski definition) is 3. The predicted molar refractivity (Wildman–Crippen MR) is 80.3 cm³/mol. The molecule has 2 aromatic rings. The van der Waals surface area contributed by atoms with Crippen LogP contribution in [0.3, 0.4) is 0 Å². The van der Waals surface area contributed by atoms with Crippen molar-refractivity contribution in [1.82, 2.24) is 4.98 Å². The molecule has 0 aliphatic heterocycles. The zero-order valence-corrected chi connectivity index (χ0v) is 13.1. The number of carbonyl (C=O) groups is 1. The Morgan fingerprint density at radius 3 is 2.53 bits per heavy atom. The summed E-state index contributed by atoms with van der Waals surface area (Å²) in [6.07, 6.45) is 0. The van der Waals surface area contributed by atoms with Crippen LogP contribution in [0.5, 0.6) is 0 Å². The fourth-order valence-corrected chi connectivity index (χ4v) is 2.26. The largest absolute Gasteiger partial charge is 0.475 e. The number of oxazole rings is 1. The van der Waals surface area contributed by atoms with Crippen LogP contribution in [0.25, 0.3) is 11.5 Å². The highest BCUT2D eigenvalue weighted by molar-refractivity contribution is 14.1. The fraction of sp³-hybridized carbons (Fsp3) is 0.286. The molecule has 0 fully saturated rings. The van der Waals surface area contributed by atoms with Crippen LogP contribution in [0.15, 0.2) is 28.7 Å². The molecular weight excluding hydrogens is 357 g/mol. The Morgan fingerprint density at radius 1 is 1.37 bits per heavy atom. The van der Waals surface area contributed by atoms with Gasteiger partial charge in [-0.15, -0.1) is 0 Å². The topological polar surface area (TPSA) is 63.3 Å². The summed E-state index contributed by atoms with van der Waals surface area (Å²) in [5.41, 5.74) is 0.871. The summed E-state index contributed by atoms with van der Waals surface area (Å²) in [6.45, 7) is 5.74. The molecular formula is C14H14INO3. The Labute approximate surface area is 125 Å². The lowest BCUT2D eigenvalue weighted by molar-refractivity contribution is 0.0659. The van der Waals surface area contributed by atoms with Crippen molar-refractivity contribution >= 4 is 28.6 Å². The molecule has 0 atom stereocenters. The minimum atomic E-state index is -1.09. The summed E-state index contributed by atoms with van der Waals surface area (Å²) in [7, 11) is 0. The molecule has 1 aromatic heterocycles. The van der Waals surface area contributed by atoms with E-state index in [4.69, 9.17) is 4.42 Å². The van der Waals surface area contributed by atoms with Gasteiger partial charge < -0.3 is 9.52 Å². The molecule has 19 heavy (non-hydrogen) atoms. The number of rotatable bonds is 2. The van der Waals surface area contributed by atoms with Gasteiger partial charge in [-0.2, -0.15) is 0 Å². The highest BCUT2D eigenvalue weighted by Gasteiger charge is 2.29. The van der Waals surface area contributed by atoms with Crippen LogP contribution in [0, 0.1) is 3.57 Å². The van der Waals surface area contributed by atoms with Gasteiger partial charge in [-0.1, -0.05) is 26.8 Å². The van der Waals surface area contributed by atoms with E-state index in [2.05, 4.69) is 27.6 Å². The van der Waals surface area contributed by atoms with E-state index in [0.717, 1.165) is 9.13 Å². The van der Waals surface area contributed by atoms with Crippen molar-refractivity contribution in [3.05, 3.63) is 39.3 Å². The van der Waals surface area contributed by atoms with Gasteiger partial charge in [0.15, 0.2) is 0 Å². The molecule has 0 spiro atoms. The molecule has 100 valence electrons. The number of benzene rings is 1. The summed E-state index contributed by atoms with van der Waals surface area (Å²) in [4.78, 5) is 15.6. The molecule has 0 saturated heterocycles. The highest BCUT2D eigenvalue weighted by atomic mass is 127. The normalized spacial score (nSPS) is 11.6. The second-order valence-electron chi connectivity index (χ2n) is 5.26. The van der Waals surface area contributed by atoms with E-state index in [9.17, 15) is 9.90 Å². The summed E-state index contributed by atoms with van der Waals surface area (Å²) in [5.74, 6) is -0.823. The Hall–Kier alpha value is -1.37. The smallest absolute Gasteiger partial charge is 0.373 e. The molecule has 1 heterocycles. The van der Waals surface area contributed by atoms with Crippen LogP contribution < -0.4 is 0 Å². The van der Waals surface area contributed by atoms with Gasteiger partial charge in [-0.25, -0.2) is 9.78 Å². The molecule has 0 radical (unpaired) electrons. The molecule has 1 aromatic carbocycles. The number of carboxylic acid groups (broad SMARTS) is 1. The number of hydrogen-bond donors (Lipinski definition) is 1. The van der Waals surface area contributed by atoms with E-state index < -0.39 is 5.97 Å². The maximum Gasteiger partial charge on any atom is 0.373 e. The maximum absolute atomic E-state index is 11.2. The van der Waals surface area contributed by atoms with Crippen LogP contribution in [-0.4, -0.2) is 16.1 Å². The maximum atomic E-state index is 11.2. The van der Waals surface area contributed by atoms with Gasteiger partial charge >= 0.3 is 5.97 Å². The van der Waals surface area contributed by atoms with E-state index in [0.29, 0.717) is 11.6 Å². The lowest BCUT2D eigenvalue weighted by Gasteiger charge is -2.14. The average molecular weight is 371 g/mol. The molecule has 0 bridgehead atoms. The molecule has 0 aliphatic carbocycles. The minimum Gasteiger partial charge on any atom is -0.475 e. The Morgan fingerprint density at radius 2 is 2.05 bits per heavy atom. The first-order valence-corrected chi connectivity index (χ1v) is 6.87.